The Labute approximate surface area is 122 Å². The summed E-state index contributed by atoms with van der Waals surface area (Å²) in [4.78, 5) is 12.8. The number of nitrogens with two attached hydrogens (primary N) is 1. The molecule has 0 unspecified atom stereocenters. The number of fused-ring (bicyclic) bond motifs is 1. The molecular weight excluding hydrogens is 266 g/mol. The van der Waals surface area contributed by atoms with Crippen LogP contribution >= 0.6 is 0 Å². The summed E-state index contributed by atoms with van der Waals surface area (Å²) in [5, 5.41) is 3.24. The van der Waals surface area contributed by atoms with Crippen molar-refractivity contribution in [2.75, 3.05) is 18.2 Å². The maximum Gasteiger partial charge on any atom is 0.220 e. The molecule has 0 aliphatic heterocycles. The van der Waals surface area contributed by atoms with Gasteiger partial charge in [-0.1, -0.05) is 0 Å². The third kappa shape index (κ3) is 2.69. The number of aromatic nitrogens is 3. The molecule has 3 aromatic rings. The average molecular weight is 281 g/mol. The normalized spacial score (nSPS) is 10.6. The summed E-state index contributed by atoms with van der Waals surface area (Å²) in [6.45, 7) is 1.87. The summed E-state index contributed by atoms with van der Waals surface area (Å²) in [6.07, 6.45) is 0. The smallest absolute Gasteiger partial charge is 0.220 e. The van der Waals surface area contributed by atoms with Gasteiger partial charge in [0, 0.05) is 5.69 Å². The minimum Gasteiger partial charge on any atom is -0.497 e. The van der Waals surface area contributed by atoms with Gasteiger partial charge in [-0.2, -0.15) is 0 Å². The van der Waals surface area contributed by atoms with Crippen molar-refractivity contribution in [3.8, 4) is 5.75 Å². The van der Waals surface area contributed by atoms with Gasteiger partial charge in [0.1, 0.15) is 17.1 Å². The van der Waals surface area contributed by atoms with Gasteiger partial charge >= 0.3 is 0 Å². The Balaban J connectivity index is 1.93. The second-order valence-electron chi connectivity index (χ2n) is 4.58. The number of nitrogens with zero attached hydrogens (tertiary/aromatic N) is 3. The molecule has 0 aliphatic rings. The Hall–Kier alpha value is -2.89. The molecule has 0 amide bonds. The molecule has 2 heterocycles. The Morgan fingerprint density at radius 2 is 1.76 bits per heavy atom. The van der Waals surface area contributed by atoms with E-state index >= 15 is 0 Å². The molecule has 21 heavy (non-hydrogen) atoms. The summed E-state index contributed by atoms with van der Waals surface area (Å²) >= 11 is 0. The number of nitrogens with one attached hydrogen (secondary N) is 1. The topological polar surface area (TPSA) is 86.0 Å². The van der Waals surface area contributed by atoms with Crippen molar-refractivity contribution in [2.45, 2.75) is 6.92 Å². The number of benzene rings is 1. The Morgan fingerprint density at radius 3 is 2.48 bits per heavy atom. The van der Waals surface area contributed by atoms with Gasteiger partial charge in [-0.3, -0.25) is 0 Å². The van der Waals surface area contributed by atoms with E-state index in [1.165, 1.54) is 0 Å². The number of hydrogen-bond donors (Lipinski definition) is 2. The third-order valence-corrected chi connectivity index (χ3v) is 3.10. The highest BCUT2D eigenvalue weighted by Gasteiger charge is 2.05. The van der Waals surface area contributed by atoms with E-state index in [-0.39, 0.29) is 5.95 Å². The number of methoxy groups -OCH3 is 1. The van der Waals surface area contributed by atoms with Crippen LogP contribution in [-0.4, -0.2) is 22.1 Å². The quantitative estimate of drug-likeness (QED) is 0.767. The second-order valence-corrected chi connectivity index (χ2v) is 4.58. The monoisotopic (exact) mass is 281 g/mol. The molecule has 0 atom stereocenters. The first-order chi connectivity index (χ1) is 10.2. The van der Waals surface area contributed by atoms with Crippen molar-refractivity contribution in [1.29, 1.82) is 0 Å². The average Bonchev–Trinajstić information content (AvgIpc) is 2.48. The lowest BCUT2D eigenvalue weighted by molar-refractivity contribution is 0.415. The van der Waals surface area contributed by atoms with E-state index in [0.717, 1.165) is 34.0 Å². The van der Waals surface area contributed by atoms with Gasteiger partial charge in [-0.15, -0.1) is 0 Å². The molecule has 0 saturated heterocycles. The lowest BCUT2D eigenvalue weighted by Crippen LogP contribution is -2.01. The zero-order valence-electron chi connectivity index (χ0n) is 11.8. The van der Waals surface area contributed by atoms with E-state index in [1.54, 1.807) is 7.11 Å². The molecular formula is C15H15N5O. The van der Waals surface area contributed by atoms with Gasteiger partial charge in [0.2, 0.25) is 5.95 Å². The molecule has 0 saturated carbocycles. The Morgan fingerprint density at radius 1 is 1.00 bits per heavy atom. The minimum atomic E-state index is 0.262. The van der Waals surface area contributed by atoms with Crippen LogP contribution in [0.25, 0.3) is 11.0 Å². The van der Waals surface area contributed by atoms with Crippen molar-refractivity contribution in [3.05, 3.63) is 42.1 Å². The molecule has 6 heteroatoms. The highest BCUT2D eigenvalue weighted by molar-refractivity contribution is 5.79. The van der Waals surface area contributed by atoms with Gasteiger partial charge in [0.05, 0.1) is 18.3 Å². The largest absolute Gasteiger partial charge is 0.497 e. The first kappa shape index (κ1) is 13.1. The number of anilines is 3. The van der Waals surface area contributed by atoms with Crippen molar-refractivity contribution in [3.63, 3.8) is 0 Å². The van der Waals surface area contributed by atoms with Crippen LogP contribution in [-0.2, 0) is 0 Å². The standard InChI is InChI=1S/C15H15N5O/c1-9-14-12(19-15(16)17-9)7-8-13(20-14)18-10-3-5-11(21-2)6-4-10/h3-8H,1-2H3,(H,18,20)(H2,16,17,19). The summed E-state index contributed by atoms with van der Waals surface area (Å²) < 4.78 is 5.13. The SMILES string of the molecule is COc1ccc(Nc2ccc3nc(N)nc(C)c3n2)cc1. The van der Waals surface area contributed by atoms with E-state index < -0.39 is 0 Å². The van der Waals surface area contributed by atoms with Gasteiger partial charge in [0.15, 0.2) is 0 Å². The molecule has 106 valence electrons. The summed E-state index contributed by atoms with van der Waals surface area (Å²) in [6, 6.07) is 11.4. The molecule has 3 N–H and O–H groups in total. The van der Waals surface area contributed by atoms with Crippen molar-refractivity contribution in [2.24, 2.45) is 0 Å². The Bertz CT molecular complexity index is 786. The van der Waals surface area contributed by atoms with Gasteiger partial charge < -0.3 is 15.8 Å². The van der Waals surface area contributed by atoms with Crippen LogP contribution in [0.3, 0.4) is 0 Å². The predicted molar refractivity (Wildman–Crippen MR) is 82.8 cm³/mol. The summed E-state index contributed by atoms with van der Waals surface area (Å²) in [7, 11) is 1.64. The number of nitrogen functional groups attached to an aromatic ring is 1. The van der Waals surface area contributed by atoms with Crippen LogP contribution in [0.5, 0.6) is 5.75 Å². The second kappa shape index (κ2) is 5.24. The third-order valence-electron chi connectivity index (χ3n) is 3.10. The number of ether oxygens (including phenoxy) is 1. The van der Waals surface area contributed by atoms with Crippen LogP contribution in [0.2, 0.25) is 0 Å². The fraction of sp³-hybridized carbons (Fsp3) is 0.133. The molecule has 0 aliphatic carbocycles. The van der Waals surface area contributed by atoms with E-state index in [4.69, 9.17) is 10.5 Å². The zero-order valence-corrected chi connectivity index (χ0v) is 11.8. The van der Waals surface area contributed by atoms with Gasteiger partial charge in [-0.05, 0) is 43.3 Å². The van der Waals surface area contributed by atoms with Crippen molar-refractivity contribution in [1.82, 2.24) is 15.0 Å². The van der Waals surface area contributed by atoms with E-state index in [9.17, 15) is 0 Å². The van der Waals surface area contributed by atoms with Crippen LogP contribution in [0, 0.1) is 6.92 Å². The van der Waals surface area contributed by atoms with Crippen LogP contribution in [0.1, 0.15) is 5.69 Å². The molecule has 2 aromatic heterocycles. The van der Waals surface area contributed by atoms with Gasteiger partial charge in [-0.25, -0.2) is 15.0 Å². The van der Waals surface area contributed by atoms with E-state index in [1.807, 2.05) is 43.3 Å². The lowest BCUT2D eigenvalue weighted by Gasteiger charge is -2.08. The predicted octanol–water partition coefficient (Wildman–Crippen LogP) is 2.67. The number of pyridine rings is 1. The summed E-state index contributed by atoms with van der Waals surface area (Å²) in [5.41, 5.74) is 8.80. The van der Waals surface area contributed by atoms with Crippen LogP contribution in [0.15, 0.2) is 36.4 Å². The lowest BCUT2D eigenvalue weighted by atomic mass is 10.2. The highest BCUT2D eigenvalue weighted by atomic mass is 16.5. The zero-order chi connectivity index (χ0) is 14.8. The molecule has 1 aromatic carbocycles. The van der Waals surface area contributed by atoms with Crippen LogP contribution < -0.4 is 15.8 Å². The number of rotatable bonds is 3. The van der Waals surface area contributed by atoms with E-state index in [0.29, 0.717) is 0 Å². The molecule has 0 radical (unpaired) electrons. The van der Waals surface area contributed by atoms with E-state index in [2.05, 4.69) is 20.3 Å². The first-order valence-corrected chi connectivity index (χ1v) is 6.47. The highest BCUT2D eigenvalue weighted by Crippen LogP contribution is 2.21. The number of aryl methyl sites for hydroxylation is 1. The fourth-order valence-electron chi connectivity index (χ4n) is 2.07. The maximum absolute atomic E-state index is 5.64. The molecule has 0 fully saturated rings. The van der Waals surface area contributed by atoms with Gasteiger partial charge in [0.25, 0.3) is 0 Å². The van der Waals surface area contributed by atoms with Crippen molar-refractivity contribution < 1.29 is 4.74 Å². The first-order valence-electron chi connectivity index (χ1n) is 6.47. The number of hydrogen-bond acceptors (Lipinski definition) is 6. The molecule has 6 nitrogen and oxygen atoms in total. The minimum absolute atomic E-state index is 0.262. The fourth-order valence-corrected chi connectivity index (χ4v) is 2.07. The molecule has 3 rings (SSSR count). The molecule has 0 bridgehead atoms. The Kier molecular flexibility index (Phi) is 3.27. The van der Waals surface area contributed by atoms with Crippen LogP contribution in [0.4, 0.5) is 17.5 Å². The van der Waals surface area contributed by atoms with Crippen molar-refractivity contribution >= 4 is 28.5 Å². The maximum atomic E-state index is 5.64. The summed E-state index contributed by atoms with van der Waals surface area (Å²) in [5.74, 6) is 1.80. The molecule has 0 spiro atoms.